The zero-order chi connectivity index (χ0) is 22.8. The van der Waals surface area contributed by atoms with Crippen LogP contribution >= 0.6 is 0 Å². The lowest BCUT2D eigenvalue weighted by Crippen LogP contribution is -2.30. The summed E-state index contributed by atoms with van der Waals surface area (Å²) in [6, 6.07) is 20.7. The number of hydrogen-bond donors (Lipinski definition) is 0. The number of amides is 2. The second-order valence-electron chi connectivity index (χ2n) is 7.31. The van der Waals surface area contributed by atoms with E-state index in [1.165, 1.54) is 17.1 Å². The Morgan fingerprint density at radius 2 is 1.34 bits per heavy atom. The minimum atomic E-state index is -0.644. The minimum Gasteiger partial charge on any atom is -0.462 e. The van der Waals surface area contributed by atoms with Crippen LogP contribution in [0, 0.1) is 11.3 Å². The van der Waals surface area contributed by atoms with E-state index in [0.717, 1.165) is 24.0 Å². The van der Waals surface area contributed by atoms with Crippen molar-refractivity contribution in [2.45, 2.75) is 25.7 Å². The first-order chi connectivity index (χ1) is 15.6. The average molecular weight is 428 g/mol. The molecule has 6 heteroatoms. The van der Waals surface area contributed by atoms with Crippen LogP contribution < -0.4 is 0 Å². The molecule has 162 valence electrons. The summed E-state index contributed by atoms with van der Waals surface area (Å²) in [6.45, 7) is 0.591. The second kappa shape index (κ2) is 11.4. The fourth-order valence-electron chi connectivity index (χ4n) is 3.48. The Balaban J connectivity index is 1.55. The molecule has 32 heavy (non-hydrogen) atoms. The molecule has 0 aliphatic carbocycles. The molecule has 0 radical (unpaired) electrons. The van der Waals surface area contributed by atoms with Crippen LogP contribution in [0.15, 0.2) is 78.4 Å². The van der Waals surface area contributed by atoms with Crippen LogP contribution in [0.4, 0.5) is 0 Å². The number of nitrogens with zero attached hydrogens (tertiary/aromatic N) is 2. The Hall–Kier alpha value is -3.98. The fourth-order valence-corrected chi connectivity index (χ4v) is 3.48. The van der Waals surface area contributed by atoms with Gasteiger partial charge in [0.05, 0.1) is 6.61 Å². The lowest BCUT2D eigenvalue weighted by Gasteiger charge is -2.13. The zero-order valence-corrected chi connectivity index (χ0v) is 17.7. The highest BCUT2D eigenvalue weighted by Gasteiger charge is 2.22. The van der Waals surface area contributed by atoms with Crippen LogP contribution in [0.1, 0.15) is 36.8 Å². The fraction of sp³-hybridized carbons (Fsp3) is 0.231. The molecule has 1 aliphatic heterocycles. The van der Waals surface area contributed by atoms with Gasteiger partial charge in [-0.25, -0.2) is 4.79 Å². The molecule has 3 rings (SSSR count). The molecule has 0 spiro atoms. The number of carbonyl (C=O) groups excluding carboxylic acids is 3. The summed E-state index contributed by atoms with van der Waals surface area (Å²) in [5, 5.41) is 9.74. The summed E-state index contributed by atoms with van der Waals surface area (Å²) in [6.07, 6.45) is 5.48. The van der Waals surface area contributed by atoms with Crippen LogP contribution in [0.3, 0.4) is 0 Å². The van der Waals surface area contributed by atoms with Gasteiger partial charge in [-0.2, -0.15) is 5.26 Å². The quantitative estimate of drug-likeness (QED) is 0.187. The molecule has 0 saturated heterocycles. The van der Waals surface area contributed by atoms with E-state index in [9.17, 15) is 19.6 Å². The molecular formula is C26H24N2O4. The highest BCUT2D eigenvalue weighted by atomic mass is 16.5. The minimum absolute atomic E-state index is 0.0269. The first-order valence-corrected chi connectivity index (χ1v) is 10.6. The molecule has 1 aliphatic rings. The van der Waals surface area contributed by atoms with Crippen molar-refractivity contribution in [1.82, 2.24) is 4.90 Å². The van der Waals surface area contributed by atoms with Crippen molar-refractivity contribution in [2.24, 2.45) is 0 Å². The SMILES string of the molecule is N#CC(C(=O)OCCCCCCN1C(=O)C=CC1=O)=C(c1ccccc1)c1ccccc1. The Labute approximate surface area is 187 Å². The Bertz CT molecular complexity index is 1010. The molecule has 0 bridgehead atoms. The summed E-state index contributed by atoms with van der Waals surface area (Å²) >= 11 is 0. The van der Waals surface area contributed by atoms with Crippen LogP contribution in [-0.4, -0.2) is 35.8 Å². The van der Waals surface area contributed by atoms with Crippen LogP contribution in [0.5, 0.6) is 0 Å². The summed E-state index contributed by atoms with van der Waals surface area (Å²) < 4.78 is 5.39. The smallest absolute Gasteiger partial charge is 0.349 e. The van der Waals surface area contributed by atoms with Gasteiger partial charge in [0.25, 0.3) is 11.8 Å². The van der Waals surface area contributed by atoms with Gasteiger partial charge in [0.1, 0.15) is 11.6 Å². The number of hydrogen-bond acceptors (Lipinski definition) is 5. The van der Waals surface area contributed by atoms with Gasteiger partial charge in [-0.05, 0) is 30.4 Å². The number of nitriles is 1. The summed E-state index contributed by atoms with van der Waals surface area (Å²) in [4.78, 5) is 36.9. The van der Waals surface area contributed by atoms with Crippen molar-refractivity contribution >= 4 is 23.4 Å². The van der Waals surface area contributed by atoms with Crippen LogP contribution in [0.2, 0.25) is 0 Å². The topological polar surface area (TPSA) is 87.5 Å². The summed E-state index contributed by atoms with van der Waals surface area (Å²) in [5.41, 5.74) is 2.06. The predicted molar refractivity (Wildman–Crippen MR) is 120 cm³/mol. The number of ether oxygens (including phenoxy) is 1. The molecule has 0 aromatic heterocycles. The lowest BCUT2D eigenvalue weighted by atomic mass is 9.93. The van der Waals surface area contributed by atoms with E-state index in [-0.39, 0.29) is 24.0 Å². The summed E-state index contributed by atoms with van der Waals surface area (Å²) in [7, 11) is 0. The van der Waals surface area contributed by atoms with Crippen molar-refractivity contribution in [2.75, 3.05) is 13.2 Å². The lowest BCUT2D eigenvalue weighted by molar-refractivity contribution is -0.139. The van der Waals surface area contributed by atoms with Crippen molar-refractivity contribution in [3.05, 3.63) is 89.5 Å². The van der Waals surface area contributed by atoms with Crippen LogP contribution in [0.25, 0.3) is 5.57 Å². The zero-order valence-electron chi connectivity index (χ0n) is 17.7. The Kier molecular flexibility index (Phi) is 8.10. The highest BCUT2D eigenvalue weighted by Crippen LogP contribution is 2.27. The summed E-state index contributed by atoms with van der Waals surface area (Å²) in [5.74, 6) is -1.19. The molecule has 2 aromatic carbocycles. The first-order valence-electron chi connectivity index (χ1n) is 10.6. The molecule has 0 unspecified atom stereocenters. The van der Waals surface area contributed by atoms with E-state index in [4.69, 9.17) is 4.74 Å². The van der Waals surface area contributed by atoms with Gasteiger partial charge in [0.2, 0.25) is 0 Å². The van der Waals surface area contributed by atoms with Gasteiger partial charge in [-0.3, -0.25) is 14.5 Å². The van der Waals surface area contributed by atoms with E-state index in [0.29, 0.717) is 25.0 Å². The van der Waals surface area contributed by atoms with Crippen LogP contribution in [-0.2, 0) is 19.1 Å². The number of carbonyl (C=O) groups is 3. The van der Waals surface area contributed by atoms with Crippen molar-refractivity contribution in [1.29, 1.82) is 5.26 Å². The van der Waals surface area contributed by atoms with Gasteiger partial charge in [-0.15, -0.1) is 0 Å². The average Bonchev–Trinajstić information content (AvgIpc) is 3.14. The molecule has 0 atom stereocenters. The molecule has 0 fully saturated rings. The van der Waals surface area contributed by atoms with Crippen molar-refractivity contribution < 1.29 is 19.1 Å². The monoisotopic (exact) mass is 428 g/mol. The molecule has 1 heterocycles. The number of benzene rings is 2. The maximum absolute atomic E-state index is 12.7. The normalized spacial score (nSPS) is 12.5. The Morgan fingerprint density at radius 3 is 1.88 bits per heavy atom. The van der Waals surface area contributed by atoms with Gasteiger partial charge in [0, 0.05) is 24.3 Å². The molecular weight excluding hydrogens is 404 g/mol. The van der Waals surface area contributed by atoms with E-state index in [1.54, 1.807) is 0 Å². The van der Waals surface area contributed by atoms with Gasteiger partial charge in [0.15, 0.2) is 0 Å². The third-order valence-electron chi connectivity index (χ3n) is 5.10. The van der Waals surface area contributed by atoms with E-state index in [1.807, 2.05) is 66.7 Å². The van der Waals surface area contributed by atoms with Gasteiger partial charge in [-0.1, -0.05) is 67.1 Å². The maximum atomic E-state index is 12.7. The molecule has 6 nitrogen and oxygen atoms in total. The number of esters is 1. The largest absolute Gasteiger partial charge is 0.462 e. The third-order valence-corrected chi connectivity index (χ3v) is 5.10. The van der Waals surface area contributed by atoms with Crippen molar-refractivity contribution in [3.8, 4) is 6.07 Å². The third kappa shape index (κ3) is 5.79. The Morgan fingerprint density at radius 1 is 0.812 bits per heavy atom. The predicted octanol–water partition coefficient (Wildman–Crippen LogP) is 4.04. The van der Waals surface area contributed by atoms with Crippen molar-refractivity contribution in [3.63, 3.8) is 0 Å². The maximum Gasteiger partial charge on any atom is 0.349 e. The number of unbranched alkanes of at least 4 members (excludes halogenated alkanes) is 3. The van der Waals surface area contributed by atoms with Gasteiger partial charge < -0.3 is 4.74 Å². The molecule has 2 aromatic rings. The number of rotatable bonds is 10. The second-order valence-corrected chi connectivity index (χ2v) is 7.31. The molecule has 0 saturated carbocycles. The molecule has 0 N–H and O–H groups in total. The standard InChI is InChI=1S/C26H24N2O4/c27-19-22(25(20-11-5-3-6-12-20)21-13-7-4-8-14-21)26(31)32-18-10-2-1-9-17-28-23(29)15-16-24(28)30/h3-8,11-16H,1-2,9-10,17-18H2. The number of imide groups is 1. The highest BCUT2D eigenvalue weighted by molar-refractivity contribution is 6.12. The van der Waals surface area contributed by atoms with E-state index >= 15 is 0 Å². The van der Waals surface area contributed by atoms with Gasteiger partial charge >= 0.3 is 5.97 Å². The van der Waals surface area contributed by atoms with E-state index in [2.05, 4.69) is 0 Å². The van der Waals surface area contributed by atoms with E-state index < -0.39 is 5.97 Å². The molecule has 2 amide bonds. The first kappa shape index (κ1) is 22.7.